The summed E-state index contributed by atoms with van der Waals surface area (Å²) in [6, 6.07) is 2.19. The van der Waals surface area contributed by atoms with E-state index in [0.717, 1.165) is 81.4 Å². The van der Waals surface area contributed by atoms with Gasteiger partial charge >= 0.3 is 6.16 Å². The van der Waals surface area contributed by atoms with Crippen LogP contribution in [0.3, 0.4) is 0 Å². The lowest BCUT2D eigenvalue weighted by molar-refractivity contribution is -0.884. The Morgan fingerprint density at radius 2 is 1.82 bits per heavy atom. The molecule has 2 N–H and O–H groups in total. The number of piperidine rings is 1. The zero-order chi connectivity index (χ0) is 27.9. The highest BCUT2D eigenvalue weighted by atomic mass is 35.5. The molecule has 2 fully saturated rings. The van der Waals surface area contributed by atoms with Crippen LogP contribution in [-0.4, -0.2) is 56.2 Å². The molecule has 3 aliphatic rings. The number of aliphatic hydroxyl groups excluding tert-OH is 1. The number of carbonyl (C=O) groups excluding carboxylic acids is 2. The van der Waals surface area contributed by atoms with Crippen LogP contribution in [0, 0.1) is 11.8 Å². The van der Waals surface area contributed by atoms with Crippen LogP contribution >= 0.6 is 11.3 Å². The van der Waals surface area contributed by atoms with Gasteiger partial charge in [-0.05, 0) is 82.8 Å². The van der Waals surface area contributed by atoms with E-state index in [1.54, 1.807) is 13.8 Å². The van der Waals surface area contributed by atoms with E-state index in [4.69, 9.17) is 14.2 Å². The van der Waals surface area contributed by atoms with Gasteiger partial charge in [-0.1, -0.05) is 13.0 Å². The number of amides is 1. The second kappa shape index (κ2) is 15.5. The molecule has 0 bridgehead atoms. The Kier molecular flexibility index (Phi) is 12.8. The first kappa shape index (κ1) is 32.9. The molecule has 1 aliphatic heterocycles. The first-order chi connectivity index (χ1) is 18.7. The zero-order valence-corrected chi connectivity index (χ0v) is 26.0. The van der Waals surface area contributed by atoms with E-state index in [1.165, 1.54) is 28.2 Å². The van der Waals surface area contributed by atoms with Crippen molar-refractivity contribution in [1.82, 2.24) is 0 Å². The highest BCUT2D eigenvalue weighted by Crippen LogP contribution is 2.43. The Labute approximate surface area is 249 Å². The van der Waals surface area contributed by atoms with E-state index >= 15 is 0 Å². The summed E-state index contributed by atoms with van der Waals surface area (Å²) >= 11 is 1.49. The van der Waals surface area contributed by atoms with Gasteiger partial charge in [-0.15, -0.1) is 11.3 Å². The SMILES string of the molecule is CC1CCC(C(=O)N(c2cc(C3=CCCCC3)sc2C(O)OCOC(=O)OC(C)C)C2CC[NH+](C)CC2)CC1.[Cl-]. The molecule has 1 atom stereocenters. The summed E-state index contributed by atoms with van der Waals surface area (Å²) in [5, 5.41) is 11.2. The third kappa shape index (κ3) is 8.68. The lowest BCUT2D eigenvalue weighted by Crippen LogP contribution is -3.10. The van der Waals surface area contributed by atoms with Crippen LogP contribution in [0.4, 0.5) is 10.5 Å². The number of hydrogen-bond acceptors (Lipinski definition) is 7. The van der Waals surface area contributed by atoms with Crippen LogP contribution in [0.25, 0.3) is 5.57 Å². The largest absolute Gasteiger partial charge is 1.00 e. The molecule has 4 rings (SSSR count). The van der Waals surface area contributed by atoms with Crippen molar-refractivity contribution in [2.75, 3.05) is 31.8 Å². The Bertz CT molecular complexity index is 998. The molecule has 2 heterocycles. The van der Waals surface area contributed by atoms with Gasteiger partial charge in [-0.2, -0.15) is 0 Å². The van der Waals surface area contributed by atoms with E-state index in [2.05, 4.69) is 26.1 Å². The van der Waals surface area contributed by atoms with Gasteiger partial charge in [0.1, 0.15) is 0 Å². The van der Waals surface area contributed by atoms with Gasteiger partial charge in [0, 0.05) is 29.7 Å². The van der Waals surface area contributed by atoms with Crippen molar-refractivity contribution in [2.24, 2.45) is 11.8 Å². The number of carbonyl (C=O) groups is 2. The number of rotatable bonds is 9. The van der Waals surface area contributed by atoms with Crippen molar-refractivity contribution in [3.63, 3.8) is 0 Å². The van der Waals surface area contributed by atoms with Crippen molar-refractivity contribution in [2.45, 2.75) is 103 Å². The number of likely N-dealkylation sites (tertiary alicyclic amines) is 1. The van der Waals surface area contributed by atoms with E-state index in [0.29, 0.717) is 10.8 Å². The number of thiophene rings is 1. The summed E-state index contributed by atoms with van der Waals surface area (Å²) in [6.07, 6.45) is 10.0. The number of aliphatic hydroxyl groups is 1. The maximum Gasteiger partial charge on any atom is 0.510 e. The van der Waals surface area contributed by atoms with Crippen LogP contribution in [-0.2, 0) is 19.0 Å². The molecule has 1 unspecified atom stereocenters. The van der Waals surface area contributed by atoms with Crippen LogP contribution in [0.2, 0.25) is 0 Å². The summed E-state index contributed by atoms with van der Waals surface area (Å²) in [5.41, 5.74) is 2.03. The van der Waals surface area contributed by atoms with Gasteiger partial charge in [0.05, 0.1) is 36.8 Å². The summed E-state index contributed by atoms with van der Waals surface area (Å²) in [4.78, 5) is 31.2. The number of allylic oxidation sites excluding steroid dienone is 2. The monoisotopic (exact) mass is 598 g/mol. The molecule has 40 heavy (non-hydrogen) atoms. The summed E-state index contributed by atoms with van der Waals surface area (Å²) in [6.45, 7) is 7.33. The van der Waals surface area contributed by atoms with Gasteiger partial charge in [0.15, 0.2) is 13.1 Å². The molecule has 2 aliphatic carbocycles. The molecule has 1 aromatic rings. The molecular formula is C30H47ClN2O6S. The molecule has 1 aromatic heterocycles. The van der Waals surface area contributed by atoms with Gasteiger partial charge in [-0.25, -0.2) is 4.79 Å². The Hall–Kier alpha value is -1.65. The number of quaternary nitrogens is 1. The lowest BCUT2D eigenvalue weighted by Gasteiger charge is -2.39. The van der Waals surface area contributed by atoms with Crippen molar-refractivity contribution in [3.05, 3.63) is 21.9 Å². The predicted molar refractivity (Wildman–Crippen MR) is 153 cm³/mol. The molecule has 0 aromatic carbocycles. The number of hydrogen-bond donors (Lipinski definition) is 2. The predicted octanol–water partition coefficient (Wildman–Crippen LogP) is 2.07. The summed E-state index contributed by atoms with van der Waals surface area (Å²) < 4.78 is 15.6. The first-order valence-electron chi connectivity index (χ1n) is 14.8. The Morgan fingerprint density at radius 3 is 2.45 bits per heavy atom. The van der Waals surface area contributed by atoms with Crippen molar-refractivity contribution < 1.29 is 46.2 Å². The van der Waals surface area contributed by atoms with Crippen LogP contribution < -0.4 is 22.2 Å². The number of nitrogens with one attached hydrogen (secondary N) is 1. The minimum Gasteiger partial charge on any atom is -1.00 e. The highest BCUT2D eigenvalue weighted by molar-refractivity contribution is 7.13. The fourth-order valence-electron chi connectivity index (χ4n) is 5.98. The quantitative estimate of drug-likeness (QED) is 0.334. The maximum atomic E-state index is 14.3. The lowest BCUT2D eigenvalue weighted by atomic mass is 9.82. The highest BCUT2D eigenvalue weighted by Gasteiger charge is 2.38. The fourth-order valence-corrected chi connectivity index (χ4v) is 7.14. The second-order valence-electron chi connectivity index (χ2n) is 11.9. The fraction of sp³-hybridized carbons (Fsp3) is 0.733. The van der Waals surface area contributed by atoms with Crippen molar-refractivity contribution in [1.29, 1.82) is 0 Å². The van der Waals surface area contributed by atoms with Crippen LogP contribution in [0.15, 0.2) is 12.1 Å². The standard InChI is InChI=1S/C30H46N2O6S.ClH/c1-20(2)38-30(35)37-19-36-29(34)27-25(18-26(39-27)22-8-6-5-7-9-22)32(24-14-16-31(4)17-15-24)28(33)23-12-10-21(3)11-13-23;/h8,18,20-21,23-24,29,34H,5-7,9-17,19H2,1-4H3;1H. The van der Waals surface area contributed by atoms with Gasteiger partial charge in [0.2, 0.25) is 5.91 Å². The molecular weight excluding hydrogens is 552 g/mol. The molecule has 1 saturated carbocycles. The van der Waals surface area contributed by atoms with E-state index < -0.39 is 19.2 Å². The summed E-state index contributed by atoms with van der Waals surface area (Å²) in [7, 11) is 2.20. The van der Waals surface area contributed by atoms with Crippen molar-refractivity contribution in [3.8, 4) is 0 Å². The maximum absolute atomic E-state index is 14.3. The molecule has 0 spiro atoms. The topological polar surface area (TPSA) is 89.7 Å². The molecule has 1 saturated heterocycles. The number of nitrogens with zero attached hydrogens (tertiary/aromatic N) is 1. The zero-order valence-electron chi connectivity index (χ0n) is 24.5. The Balaban J connectivity index is 0.00000441. The third-order valence-corrected chi connectivity index (χ3v) is 9.57. The number of ether oxygens (including phenoxy) is 3. The molecule has 226 valence electrons. The van der Waals surface area contributed by atoms with Gasteiger partial charge in [0.25, 0.3) is 0 Å². The van der Waals surface area contributed by atoms with E-state index in [9.17, 15) is 14.7 Å². The third-order valence-electron chi connectivity index (χ3n) is 8.34. The number of halogens is 1. The van der Waals surface area contributed by atoms with E-state index in [-0.39, 0.29) is 36.4 Å². The Morgan fingerprint density at radius 1 is 1.12 bits per heavy atom. The first-order valence-corrected chi connectivity index (χ1v) is 15.6. The van der Waals surface area contributed by atoms with E-state index in [1.807, 2.05) is 4.90 Å². The molecule has 1 amide bonds. The average molecular weight is 599 g/mol. The molecule has 8 nitrogen and oxygen atoms in total. The van der Waals surface area contributed by atoms with Crippen LogP contribution in [0.5, 0.6) is 0 Å². The summed E-state index contributed by atoms with van der Waals surface area (Å²) in [5.74, 6) is 0.845. The molecule has 0 radical (unpaired) electrons. The van der Waals surface area contributed by atoms with Crippen LogP contribution in [0.1, 0.15) is 101 Å². The van der Waals surface area contributed by atoms with Gasteiger partial charge < -0.3 is 41.5 Å². The molecule has 10 heteroatoms. The minimum absolute atomic E-state index is 0. The second-order valence-corrected chi connectivity index (χ2v) is 13.0. The minimum atomic E-state index is -1.33. The number of anilines is 1. The van der Waals surface area contributed by atoms with Gasteiger partial charge in [-0.3, -0.25) is 4.79 Å². The average Bonchev–Trinajstić information content (AvgIpc) is 3.35. The smallest absolute Gasteiger partial charge is 0.510 e. The normalized spacial score (nSPS) is 25.9. The van der Waals surface area contributed by atoms with Crippen molar-refractivity contribution >= 4 is 34.7 Å².